The fourth-order valence-electron chi connectivity index (χ4n) is 3.33. The highest BCUT2D eigenvalue weighted by molar-refractivity contribution is 5.93. The molecular formula is C20H21N5O3. The molecule has 3 heterocycles. The van der Waals surface area contributed by atoms with Crippen LogP contribution in [0.3, 0.4) is 0 Å². The predicted octanol–water partition coefficient (Wildman–Crippen LogP) is 2.58. The molecule has 1 aromatic carbocycles. The van der Waals surface area contributed by atoms with Gasteiger partial charge in [0.1, 0.15) is 5.82 Å². The number of hydrogen-bond acceptors (Lipinski definition) is 6. The lowest BCUT2D eigenvalue weighted by Crippen LogP contribution is -2.30. The van der Waals surface area contributed by atoms with Crippen LogP contribution in [0.2, 0.25) is 0 Å². The van der Waals surface area contributed by atoms with Crippen LogP contribution < -0.4 is 15.2 Å². The van der Waals surface area contributed by atoms with E-state index in [1.54, 1.807) is 11.1 Å². The lowest BCUT2D eigenvalue weighted by Gasteiger charge is -2.24. The summed E-state index contributed by atoms with van der Waals surface area (Å²) in [6.07, 6.45) is 3.12. The molecule has 1 aliphatic rings. The molecule has 0 saturated heterocycles. The zero-order valence-corrected chi connectivity index (χ0v) is 15.7. The van der Waals surface area contributed by atoms with Crippen LogP contribution in [0.5, 0.6) is 11.5 Å². The van der Waals surface area contributed by atoms with E-state index in [9.17, 15) is 4.79 Å². The summed E-state index contributed by atoms with van der Waals surface area (Å²) in [6.45, 7) is 4.90. The molecule has 3 N–H and O–H groups in total. The van der Waals surface area contributed by atoms with Crippen molar-refractivity contribution in [2.24, 2.45) is 0 Å². The van der Waals surface area contributed by atoms with E-state index in [4.69, 9.17) is 15.2 Å². The largest absolute Gasteiger partial charge is 0.454 e. The van der Waals surface area contributed by atoms with Crippen LogP contribution in [0.4, 0.5) is 5.82 Å². The van der Waals surface area contributed by atoms with E-state index < -0.39 is 0 Å². The fraction of sp³-hybridized carbons (Fsp3) is 0.250. The number of nitrogens with zero attached hydrogens (tertiary/aromatic N) is 3. The van der Waals surface area contributed by atoms with E-state index in [1.807, 2.05) is 38.1 Å². The lowest BCUT2D eigenvalue weighted by atomic mass is 10.1. The Hall–Kier alpha value is -3.55. The average Bonchev–Trinajstić information content (AvgIpc) is 3.34. The predicted molar refractivity (Wildman–Crippen MR) is 103 cm³/mol. The number of pyridine rings is 1. The average molecular weight is 379 g/mol. The first-order valence-electron chi connectivity index (χ1n) is 8.90. The monoisotopic (exact) mass is 379 g/mol. The first-order chi connectivity index (χ1) is 13.5. The molecule has 0 atom stereocenters. The molecule has 2 aromatic heterocycles. The van der Waals surface area contributed by atoms with Crippen LogP contribution in [0, 0.1) is 13.8 Å². The third-order valence-electron chi connectivity index (χ3n) is 4.77. The van der Waals surface area contributed by atoms with Crippen LogP contribution >= 0.6 is 0 Å². The molecule has 0 fully saturated rings. The van der Waals surface area contributed by atoms with Gasteiger partial charge in [0.25, 0.3) is 5.91 Å². The quantitative estimate of drug-likeness (QED) is 0.706. The minimum atomic E-state index is -0.123. The Morgan fingerprint density at radius 2 is 2.04 bits per heavy atom. The molecule has 4 rings (SSSR count). The van der Waals surface area contributed by atoms with Crippen molar-refractivity contribution in [3.8, 4) is 11.5 Å². The summed E-state index contributed by atoms with van der Waals surface area (Å²) in [4.78, 5) is 19.2. The van der Waals surface area contributed by atoms with E-state index in [0.717, 1.165) is 22.4 Å². The van der Waals surface area contributed by atoms with Gasteiger partial charge < -0.3 is 20.1 Å². The van der Waals surface area contributed by atoms with Crippen LogP contribution in [0.15, 0.2) is 36.7 Å². The maximum atomic E-state index is 13.1. The summed E-state index contributed by atoms with van der Waals surface area (Å²) in [5.41, 5.74) is 10.1. The Morgan fingerprint density at radius 3 is 2.79 bits per heavy atom. The molecular weight excluding hydrogens is 358 g/mol. The number of aryl methyl sites for hydroxylation is 2. The molecule has 28 heavy (non-hydrogen) atoms. The maximum Gasteiger partial charge on any atom is 0.257 e. The van der Waals surface area contributed by atoms with Crippen molar-refractivity contribution in [2.45, 2.75) is 26.9 Å². The number of aromatic amines is 1. The van der Waals surface area contributed by atoms with Gasteiger partial charge in [0, 0.05) is 25.0 Å². The Morgan fingerprint density at radius 1 is 1.21 bits per heavy atom. The second-order valence-electron chi connectivity index (χ2n) is 6.76. The minimum absolute atomic E-state index is 0.123. The summed E-state index contributed by atoms with van der Waals surface area (Å²) < 4.78 is 10.8. The van der Waals surface area contributed by atoms with E-state index in [0.29, 0.717) is 36.0 Å². The van der Waals surface area contributed by atoms with Crippen LogP contribution in [-0.4, -0.2) is 32.8 Å². The van der Waals surface area contributed by atoms with Crippen LogP contribution in [0.1, 0.15) is 32.7 Å². The van der Waals surface area contributed by atoms with Gasteiger partial charge in [-0.3, -0.25) is 9.89 Å². The van der Waals surface area contributed by atoms with Crippen molar-refractivity contribution >= 4 is 11.7 Å². The molecule has 0 radical (unpaired) electrons. The number of rotatable bonds is 5. The van der Waals surface area contributed by atoms with Gasteiger partial charge in [-0.2, -0.15) is 5.10 Å². The number of H-pyrrole nitrogens is 1. The third-order valence-corrected chi connectivity index (χ3v) is 4.77. The molecule has 8 nitrogen and oxygen atoms in total. The number of anilines is 1. The van der Waals surface area contributed by atoms with E-state index >= 15 is 0 Å². The number of benzene rings is 1. The number of hydrogen-bond donors (Lipinski definition) is 2. The first-order valence-corrected chi connectivity index (χ1v) is 8.90. The summed E-state index contributed by atoms with van der Waals surface area (Å²) in [5.74, 6) is 1.75. The number of carbonyl (C=O) groups excluding carboxylic acids is 1. The second kappa shape index (κ2) is 7.22. The van der Waals surface area contributed by atoms with Gasteiger partial charge in [-0.1, -0.05) is 6.07 Å². The normalized spacial score (nSPS) is 12.2. The Bertz CT molecular complexity index is 994. The molecule has 0 aliphatic carbocycles. The smallest absolute Gasteiger partial charge is 0.257 e. The first kappa shape index (κ1) is 17.8. The number of fused-ring (bicyclic) bond motifs is 1. The van der Waals surface area contributed by atoms with Gasteiger partial charge >= 0.3 is 0 Å². The molecule has 0 spiro atoms. The standard InChI is InChI=1S/C20H21N5O3/c1-12-5-19(21)24-13(2)16(12)10-25(20(26)15-7-22-23-8-15)9-14-3-4-17-18(6-14)28-11-27-17/h3-8H,9-11H2,1-2H3,(H2,21,24)(H,22,23). The number of amides is 1. The van der Waals surface area contributed by atoms with Crippen molar-refractivity contribution in [2.75, 3.05) is 12.5 Å². The third kappa shape index (κ3) is 3.48. The molecule has 3 aromatic rings. The topological polar surface area (TPSA) is 106 Å². The SMILES string of the molecule is Cc1cc(N)nc(C)c1CN(Cc1ccc2c(c1)OCO2)C(=O)c1cn[nH]c1. The van der Waals surface area contributed by atoms with E-state index in [1.165, 1.54) is 6.20 Å². The number of ether oxygens (including phenoxy) is 2. The summed E-state index contributed by atoms with van der Waals surface area (Å²) in [5, 5.41) is 6.59. The molecule has 144 valence electrons. The number of aromatic nitrogens is 3. The van der Waals surface area contributed by atoms with Gasteiger partial charge in [-0.15, -0.1) is 0 Å². The zero-order chi connectivity index (χ0) is 19.7. The lowest BCUT2D eigenvalue weighted by molar-refractivity contribution is 0.0729. The highest BCUT2D eigenvalue weighted by atomic mass is 16.7. The Labute approximate surface area is 162 Å². The number of nitrogen functional groups attached to an aromatic ring is 1. The fourth-order valence-corrected chi connectivity index (χ4v) is 3.33. The maximum absolute atomic E-state index is 13.1. The van der Waals surface area contributed by atoms with Gasteiger partial charge in [0.15, 0.2) is 11.5 Å². The zero-order valence-electron chi connectivity index (χ0n) is 15.7. The van der Waals surface area contributed by atoms with E-state index in [2.05, 4.69) is 15.2 Å². The Balaban J connectivity index is 1.65. The van der Waals surface area contributed by atoms with E-state index in [-0.39, 0.29) is 12.7 Å². The molecule has 8 heteroatoms. The van der Waals surface area contributed by atoms with Gasteiger partial charge in [0.05, 0.1) is 11.8 Å². The Kier molecular flexibility index (Phi) is 4.60. The number of carbonyl (C=O) groups is 1. The van der Waals surface area contributed by atoms with Crippen molar-refractivity contribution in [3.05, 3.63) is 64.6 Å². The molecule has 1 amide bonds. The molecule has 1 aliphatic heterocycles. The van der Waals surface area contributed by atoms with Gasteiger partial charge in [-0.25, -0.2) is 4.98 Å². The highest BCUT2D eigenvalue weighted by Crippen LogP contribution is 2.33. The second-order valence-corrected chi connectivity index (χ2v) is 6.76. The summed E-state index contributed by atoms with van der Waals surface area (Å²) in [6, 6.07) is 7.52. The highest BCUT2D eigenvalue weighted by Gasteiger charge is 2.21. The van der Waals surface area contributed by atoms with Crippen molar-refractivity contribution in [1.29, 1.82) is 0 Å². The number of nitrogens with one attached hydrogen (secondary N) is 1. The van der Waals surface area contributed by atoms with Gasteiger partial charge in [0.2, 0.25) is 6.79 Å². The van der Waals surface area contributed by atoms with Gasteiger partial charge in [-0.05, 0) is 48.7 Å². The minimum Gasteiger partial charge on any atom is -0.454 e. The number of nitrogens with two attached hydrogens (primary N) is 1. The summed E-state index contributed by atoms with van der Waals surface area (Å²) >= 11 is 0. The van der Waals surface area contributed by atoms with Crippen molar-refractivity contribution in [3.63, 3.8) is 0 Å². The summed E-state index contributed by atoms with van der Waals surface area (Å²) in [7, 11) is 0. The van der Waals surface area contributed by atoms with Crippen molar-refractivity contribution < 1.29 is 14.3 Å². The van der Waals surface area contributed by atoms with Crippen molar-refractivity contribution in [1.82, 2.24) is 20.1 Å². The van der Waals surface area contributed by atoms with Crippen LogP contribution in [-0.2, 0) is 13.1 Å². The molecule has 0 bridgehead atoms. The molecule has 0 unspecified atom stereocenters. The molecule has 0 saturated carbocycles. The van der Waals surface area contributed by atoms with Crippen LogP contribution in [0.25, 0.3) is 0 Å².